The fourth-order valence-electron chi connectivity index (χ4n) is 3.67. The molecule has 2 N–H and O–H groups in total. The number of para-hydroxylation sites is 2. The van der Waals surface area contributed by atoms with Crippen molar-refractivity contribution in [2.24, 2.45) is 0 Å². The Morgan fingerprint density at radius 2 is 1.87 bits per heavy atom. The number of hydrogen-bond donors (Lipinski definition) is 2. The molecule has 6 nitrogen and oxygen atoms in total. The van der Waals surface area contributed by atoms with E-state index in [2.05, 4.69) is 27.7 Å². The third-order valence-electron chi connectivity index (χ3n) is 5.13. The molecule has 0 aliphatic carbocycles. The molecular weight excluding hydrogens is 396 g/mol. The molecule has 1 aromatic heterocycles. The molecule has 3 aromatic rings. The monoisotopic (exact) mass is 416 g/mol. The maximum Gasteiger partial charge on any atom is 0.313 e. The number of carbonyl (C=O) groups excluding carboxylic acids is 2. The summed E-state index contributed by atoms with van der Waals surface area (Å²) in [5.74, 6) is -1.51. The lowest BCUT2D eigenvalue weighted by atomic mass is 10.1. The number of benzene rings is 2. The van der Waals surface area contributed by atoms with Crippen LogP contribution in [0.4, 0.5) is 11.4 Å². The van der Waals surface area contributed by atoms with Crippen LogP contribution in [0.25, 0.3) is 0 Å². The summed E-state index contributed by atoms with van der Waals surface area (Å²) in [6, 6.07) is 20.8. The number of hydrogen-bond acceptors (Lipinski definition) is 5. The van der Waals surface area contributed by atoms with Crippen LogP contribution < -0.4 is 15.5 Å². The SMILES string of the molecule is N#Cc1ccccc1NC(=O)C(=O)NC[C@@H](c1cccs1)N1CCc2ccccc21. The second-order valence-electron chi connectivity index (χ2n) is 6.92. The van der Waals surface area contributed by atoms with Crippen molar-refractivity contribution >= 4 is 34.5 Å². The van der Waals surface area contributed by atoms with E-state index < -0.39 is 11.8 Å². The third-order valence-corrected chi connectivity index (χ3v) is 6.10. The molecule has 150 valence electrons. The molecule has 2 aromatic carbocycles. The van der Waals surface area contributed by atoms with Gasteiger partial charge in [-0.05, 0) is 41.6 Å². The largest absolute Gasteiger partial charge is 0.361 e. The first-order valence-electron chi connectivity index (χ1n) is 9.63. The molecule has 2 heterocycles. The predicted molar refractivity (Wildman–Crippen MR) is 117 cm³/mol. The molecule has 7 heteroatoms. The van der Waals surface area contributed by atoms with Gasteiger partial charge in [0.05, 0.1) is 17.3 Å². The summed E-state index contributed by atoms with van der Waals surface area (Å²) in [6.07, 6.45) is 0.956. The first-order chi connectivity index (χ1) is 14.7. The fourth-order valence-corrected chi connectivity index (χ4v) is 4.51. The minimum Gasteiger partial charge on any atom is -0.361 e. The molecule has 1 aliphatic heterocycles. The zero-order valence-electron chi connectivity index (χ0n) is 16.2. The van der Waals surface area contributed by atoms with Crippen molar-refractivity contribution in [3.63, 3.8) is 0 Å². The first-order valence-corrected chi connectivity index (χ1v) is 10.5. The van der Waals surface area contributed by atoms with Crippen LogP contribution in [0.2, 0.25) is 0 Å². The van der Waals surface area contributed by atoms with Crippen LogP contribution in [0.15, 0.2) is 66.0 Å². The van der Waals surface area contributed by atoms with Crippen molar-refractivity contribution in [2.45, 2.75) is 12.5 Å². The van der Waals surface area contributed by atoms with Crippen LogP contribution in [-0.2, 0) is 16.0 Å². The first kappa shape index (κ1) is 19.7. The minimum atomic E-state index is -0.788. The zero-order valence-corrected chi connectivity index (χ0v) is 17.0. The van der Waals surface area contributed by atoms with Gasteiger partial charge in [-0.15, -0.1) is 11.3 Å². The second kappa shape index (κ2) is 8.80. The van der Waals surface area contributed by atoms with Crippen molar-refractivity contribution in [3.8, 4) is 6.07 Å². The van der Waals surface area contributed by atoms with E-state index in [4.69, 9.17) is 5.26 Å². The van der Waals surface area contributed by atoms with E-state index in [1.54, 1.807) is 35.6 Å². The molecule has 0 radical (unpaired) electrons. The molecule has 0 saturated heterocycles. The molecular formula is C23H20N4O2S. The van der Waals surface area contributed by atoms with E-state index in [9.17, 15) is 9.59 Å². The highest BCUT2D eigenvalue weighted by Crippen LogP contribution is 2.36. The van der Waals surface area contributed by atoms with Gasteiger partial charge in [0.25, 0.3) is 0 Å². The standard InChI is InChI=1S/C23H20N4O2S/c24-14-17-7-1-3-8-18(17)26-23(29)22(28)25-15-20(21-10-5-13-30-21)27-12-11-16-6-2-4-9-19(16)27/h1-10,13,20H,11-12,15H2,(H,25,28)(H,26,29)/t20-/m0/s1. The lowest BCUT2D eigenvalue weighted by Gasteiger charge is -2.30. The van der Waals surface area contributed by atoms with Gasteiger partial charge in [0.1, 0.15) is 6.07 Å². The Labute approximate surface area is 178 Å². The number of thiophene rings is 1. The number of fused-ring (bicyclic) bond motifs is 1. The topological polar surface area (TPSA) is 85.2 Å². The highest BCUT2D eigenvalue weighted by atomic mass is 32.1. The Balaban J connectivity index is 1.46. The smallest absolute Gasteiger partial charge is 0.313 e. The highest BCUT2D eigenvalue weighted by Gasteiger charge is 2.28. The van der Waals surface area contributed by atoms with Gasteiger partial charge in [-0.2, -0.15) is 5.26 Å². The van der Waals surface area contributed by atoms with Gasteiger partial charge in [-0.1, -0.05) is 36.4 Å². The highest BCUT2D eigenvalue weighted by molar-refractivity contribution is 7.10. The average Bonchev–Trinajstić information content (AvgIpc) is 3.45. The van der Waals surface area contributed by atoms with Gasteiger partial charge in [-0.3, -0.25) is 9.59 Å². The Morgan fingerprint density at radius 3 is 2.67 bits per heavy atom. The van der Waals surface area contributed by atoms with Crippen molar-refractivity contribution in [2.75, 3.05) is 23.3 Å². The van der Waals surface area contributed by atoms with Crippen LogP contribution >= 0.6 is 11.3 Å². The van der Waals surface area contributed by atoms with Crippen molar-refractivity contribution in [1.82, 2.24) is 5.32 Å². The Morgan fingerprint density at radius 1 is 1.07 bits per heavy atom. The Hall–Kier alpha value is -3.63. The summed E-state index contributed by atoms with van der Waals surface area (Å²) < 4.78 is 0. The normalized spacial score (nSPS) is 13.2. The van der Waals surface area contributed by atoms with Crippen molar-refractivity contribution in [1.29, 1.82) is 5.26 Å². The van der Waals surface area contributed by atoms with Crippen LogP contribution in [0, 0.1) is 11.3 Å². The van der Waals surface area contributed by atoms with Gasteiger partial charge < -0.3 is 15.5 Å². The minimum absolute atomic E-state index is 0.0585. The fraction of sp³-hybridized carbons (Fsp3) is 0.174. The van der Waals surface area contributed by atoms with Crippen LogP contribution in [0.3, 0.4) is 0 Å². The number of amides is 2. The average molecular weight is 417 g/mol. The number of carbonyl (C=O) groups is 2. The van der Waals surface area contributed by atoms with Crippen LogP contribution in [-0.4, -0.2) is 24.9 Å². The maximum atomic E-state index is 12.5. The zero-order chi connectivity index (χ0) is 20.9. The van der Waals surface area contributed by atoms with Crippen LogP contribution in [0.1, 0.15) is 22.0 Å². The maximum absolute atomic E-state index is 12.5. The molecule has 0 unspecified atom stereocenters. The summed E-state index contributed by atoms with van der Waals surface area (Å²) in [6.45, 7) is 1.17. The lowest BCUT2D eigenvalue weighted by molar-refractivity contribution is -0.136. The van der Waals surface area contributed by atoms with Gasteiger partial charge >= 0.3 is 11.8 Å². The van der Waals surface area contributed by atoms with Gasteiger partial charge in [-0.25, -0.2) is 0 Å². The third kappa shape index (κ3) is 4.04. The molecule has 0 saturated carbocycles. The number of nitrogens with one attached hydrogen (secondary N) is 2. The van der Waals surface area contributed by atoms with Crippen molar-refractivity contribution < 1.29 is 9.59 Å². The molecule has 0 spiro atoms. The second-order valence-corrected chi connectivity index (χ2v) is 7.90. The van der Waals surface area contributed by atoms with E-state index in [0.717, 1.165) is 23.5 Å². The Kier molecular flexibility index (Phi) is 5.77. The number of anilines is 2. The van der Waals surface area contributed by atoms with E-state index >= 15 is 0 Å². The summed E-state index contributed by atoms with van der Waals surface area (Å²) in [7, 11) is 0. The summed E-state index contributed by atoms with van der Waals surface area (Å²) >= 11 is 1.63. The Bertz CT molecular complexity index is 1100. The van der Waals surface area contributed by atoms with Crippen LogP contribution in [0.5, 0.6) is 0 Å². The van der Waals surface area contributed by atoms with E-state index in [1.807, 2.05) is 35.7 Å². The molecule has 4 rings (SSSR count). The van der Waals surface area contributed by atoms with Crippen molar-refractivity contribution in [3.05, 3.63) is 82.0 Å². The molecule has 2 amide bonds. The summed E-state index contributed by atoms with van der Waals surface area (Å²) in [5.41, 5.74) is 3.08. The quantitative estimate of drug-likeness (QED) is 0.624. The predicted octanol–water partition coefficient (Wildman–Crippen LogP) is 3.48. The van der Waals surface area contributed by atoms with E-state index in [-0.39, 0.29) is 6.04 Å². The van der Waals surface area contributed by atoms with E-state index in [0.29, 0.717) is 17.8 Å². The molecule has 0 fully saturated rings. The van der Waals surface area contributed by atoms with Gasteiger partial charge in [0.2, 0.25) is 0 Å². The number of nitriles is 1. The van der Waals surface area contributed by atoms with Gasteiger partial charge in [0.15, 0.2) is 0 Å². The molecule has 1 atom stereocenters. The lowest BCUT2D eigenvalue weighted by Crippen LogP contribution is -2.41. The molecule has 0 bridgehead atoms. The molecule has 1 aliphatic rings. The molecule has 30 heavy (non-hydrogen) atoms. The summed E-state index contributed by atoms with van der Waals surface area (Å²) in [4.78, 5) is 28.2. The summed E-state index contributed by atoms with van der Waals surface area (Å²) in [5, 5.41) is 16.4. The number of nitrogens with zero attached hydrogens (tertiary/aromatic N) is 2. The van der Waals surface area contributed by atoms with E-state index in [1.165, 1.54) is 5.56 Å². The van der Waals surface area contributed by atoms with Gasteiger partial charge in [0, 0.05) is 23.7 Å². The number of rotatable bonds is 5.